The van der Waals surface area contributed by atoms with Crippen LogP contribution in [0, 0.1) is 6.92 Å². The zero-order chi connectivity index (χ0) is 13.1. The van der Waals surface area contributed by atoms with E-state index in [0.29, 0.717) is 17.9 Å². The second-order valence-corrected chi connectivity index (χ2v) is 3.81. The lowest BCUT2D eigenvalue weighted by Crippen LogP contribution is -2.22. The molecule has 0 atom stereocenters. The molecule has 0 aromatic carbocycles. The van der Waals surface area contributed by atoms with E-state index >= 15 is 0 Å². The molecule has 7 nitrogen and oxygen atoms in total. The van der Waals surface area contributed by atoms with Crippen LogP contribution >= 0.6 is 0 Å². The molecule has 0 saturated carbocycles. The summed E-state index contributed by atoms with van der Waals surface area (Å²) in [5, 5.41) is 8.95. The number of carbonyl (C=O) groups excluding carboxylic acids is 1. The third-order valence-electron chi connectivity index (χ3n) is 2.39. The molecule has 0 saturated heterocycles. The van der Waals surface area contributed by atoms with Gasteiger partial charge in [-0.2, -0.15) is 4.98 Å². The zero-order valence-corrected chi connectivity index (χ0v) is 10.1. The van der Waals surface area contributed by atoms with Gasteiger partial charge in [0.2, 0.25) is 5.95 Å². The zero-order valence-electron chi connectivity index (χ0n) is 10.1. The molecule has 0 unspecified atom stereocenters. The van der Waals surface area contributed by atoms with Crippen LogP contribution in [0.25, 0.3) is 0 Å². The first-order valence-corrected chi connectivity index (χ1v) is 5.52. The van der Waals surface area contributed by atoms with Crippen molar-refractivity contribution in [2.24, 2.45) is 0 Å². The van der Waals surface area contributed by atoms with Crippen LogP contribution in [0.1, 0.15) is 28.8 Å². The van der Waals surface area contributed by atoms with E-state index in [1.165, 1.54) is 12.3 Å². The first-order valence-electron chi connectivity index (χ1n) is 5.52. The van der Waals surface area contributed by atoms with Gasteiger partial charge in [0.15, 0.2) is 5.43 Å². The number of carbonyl (C=O) groups is 1. The second kappa shape index (κ2) is 4.82. The number of aromatic amines is 2. The van der Waals surface area contributed by atoms with Crippen molar-refractivity contribution in [1.82, 2.24) is 20.2 Å². The summed E-state index contributed by atoms with van der Waals surface area (Å²) in [5.74, 6) is 0.304. The fraction of sp³-hybridized carbons (Fsp3) is 0.273. The maximum Gasteiger partial charge on any atom is 0.263 e. The summed E-state index contributed by atoms with van der Waals surface area (Å²) in [5.41, 5.74) is 0.390. The van der Waals surface area contributed by atoms with Gasteiger partial charge in [-0.05, 0) is 6.92 Å². The quantitative estimate of drug-likeness (QED) is 0.739. The van der Waals surface area contributed by atoms with Crippen LogP contribution in [-0.4, -0.2) is 26.1 Å². The van der Waals surface area contributed by atoms with Gasteiger partial charge in [0, 0.05) is 24.4 Å². The number of H-pyrrole nitrogens is 2. The molecule has 2 aromatic rings. The molecule has 0 spiro atoms. The van der Waals surface area contributed by atoms with Crippen molar-refractivity contribution in [2.75, 3.05) is 5.32 Å². The molecule has 2 heterocycles. The number of anilines is 1. The van der Waals surface area contributed by atoms with Crippen molar-refractivity contribution < 1.29 is 4.79 Å². The van der Waals surface area contributed by atoms with Crippen molar-refractivity contribution in [1.29, 1.82) is 0 Å². The van der Waals surface area contributed by atoms with E-state index in [2.05, 4.69) is 25.5 Å². The molecule has 7 heteroatoms. The van der Waals surface area contributed by atoms with E-state index in [9.17, 15) is 9.59 Å². The second-order valence-electron chi connectivity index (χ2n) is 3.81. The van der Waals surface area contributed by atoms with Crippen molar-refractivity contribution in [3.63, 3.8) is 0 Å². The van der Waals surface area contributed by atoms with Gasteiger partial charge in [-0.3, -0.25) is 20.0 Å². The van der Waals surface area contributed by atoms with Crippen LogP contribution < -0.4 is 10.7 Å². The Kier molecular flexibility index (Phi) is 3.22. The maximum atomic E-state index is 11.8. The molecule has 0 aliphatic heterocycles. The SMILES string of the molecule is CCc1nc(NC(=O)c2c[nH]c(C)cc2=O)n[nH]1. The maximum absolute atomic E-state index is 11.8. The number of hydrogen-bond acceptors (Lipinski definition) is 4. The van der Waals surface area contributed by atoms with E-state index < -0.39 is 5.91 Å². The van der Waals surface area contributed by atoms with E-state index in [1.54, 1.807) is 6.92 Å². The van der Waals surface area contributed by atoms with Crippen LogP contribution in [0.15, 0.2) is 17.1 Å². The van der Waals surface area contributed by atoms with Crippen LogP contribution in [0.5, 0.6) is 0 Å². The normalized spacial score (nSPS) is 10.3. The average Bonchev–Trinajstić information content (AvgIpc) is 2.76. The van der Waals surface area contributed by atoms with Crippen LogP contribution in [0.4, 0.5) is 5.95 Å². The van der Waals surface area contributed by atoms with E-state index in [4.69, 9.17) is 0 Å². The molecular weight excluding hydrogens is 234 g/mol. The highest BCUT2D eigenvalue weighted by Gasteiger charge is 2.12. The lowest BCUT2D eigenvalue weighted by atomic mass is 10.2. The number of amides is 1. The van der Waals surface area contributed by atoms with Crippen LogP contribution in [0.3, 0.4) is 0 Å². The number of hydrogen-bond donors (Lipinski definition) is 3. The molecule has 0 fully saturated rings. The molecule has 0 aliphatic carbocycles. The molecule has 1 amide bonds. The fourth-order valence-corrected chi connectivity index (χ4v) is 1.43. The standard InChI is InChI=1S/C11H13N5O2/c1-3-9-13-11(16-15-9)14-10(18)7-5-12-6(2)4-8(7)17/h4-5H,3H2,1-2H3,(H,12,17)(H2,13,14,15,16,18). The Morgan fingerprint density at radius 1 is 1.50 bits per heavy atom. The minimum absolute atomic E-state index is 0.0310. The Bertz CT molecular complexity index is 628. The summed E-state index contributed by atoms with van der Waals surface area (Å²) >= 11 is 0. The average molecular weight is 247 g/mol. The number of aryl methyl sites for hydroxylation is 2. The highest BCUT2D eigenvalue weighted by atomic mass is 16.2. The molecule has 2 rings (SSSR count). The Labute approximate surface area is 103 Å². The van der Waals surface area contributed by atoms with Gasteiger partial charge in [0.05, 0.1) is 0 Å². The smallest absolute Gasteiger partial charge is 0.263 e. The third kappa shape index (κ3) is 2.45. The van der Waals surface area contributed by atoms with E-state index in [1.807, 2.05) is 6.92 Å². The van der Waals surface area contributed by atoms with Crippen LogP contribution in [0.2, 0.25) is 0 Å². The number of aromatic nitrogens is 4. The predicted octanol–water partition coefficient (Wildman–Crippen LogP) is 0.616. The monoisotopic (exact) mass is 247 g/mol. The Balaban J connectivity index is 2.19. The van der Waals surface area contributed by atoms with E-state index in [0.717, 1.165) is 0 Å². The van der Waals surface area contributed by atoms with Gasteiger partial charge in [0.25, 0.3) is 5.91 Å². The van der Waals surface area contributed by atoms with Gasteiger partial charge in [-0.25, -0.2) is 0 Å². The summed E-state index contributed by atoms with van der Waals surface area (Å²) in [6, 6.07) is 1.37. The Morgan fingerprint density at radius 2 is 2.28 bits per heavy atom. The fourth-order valence-electron chi connectivity index (χ4n) is 1.43. The Hall–Kier alpha value is -2.44. The van der Waals surface area contributed by atoms with Gasteiger partial charge < -0.3 is 4.98 Å². The summed E-state index contributed by atoms with van der Waals surface area (Å²) in [7, 11) is 0. The Morgan fingerprint density at radius 3 is 2.89 bits per heavy atom. The van der Waals surface area contributed by atoms with E-state index in [-0.39, 0.29) is 16.9 Å². The molecule has 0 bridgehead atoms. The van der Waals surface area contributed by atoms with Gasteiger partial charge >= 0.3 is 0 Å². The summed E-state index contributed by atoms with van der Waals surface area (Å²) in [4.78, 5) is 30.3. The van der Waals surface area contributed by atoms with Gasteiger partial charge in [0.1, 0.15) is 11.4 Å². The first-order chi connectivity index (χ1) is 8.60. The van der Waals surface area contributed by atoms with Crippen molar-refractivity contribution in [3.05, 3.63) is 39.6 Å². The lowest BCUT2D eigenvalue weighted by molar-refractivity contribution is 0.102. The van der Waals surface area contributed by atoms with Crippen molar-refractivity contribution in [3.8, 4) is 0 Å². The number of rotatable bonds is 3. The molecule has 0 radical (unpaired) electrons. The summed E-state index contributed by atoms with van der Waals surface area (Å²) in [6.45, 7) is 3.66. The summed E-state index contributed by atoms with van der Waals surface area (Å²) < 4.78 is 0. The topological polar surface area (TPSA) is 104 Å². The third-order valence-corrected chi connectivity index (χ3v) is 2.39. The predicted molar refractivity (Wildman–Crippen MR) is 65.5 cm³/mol. The first kappa shape index (κ1) is 12.0. The minimum Gasteiger partial charge on any atom is -0.364 e. The highest BCUT2D eigenvalue weighted by molar-refractivity contribution is 6.02. The van der Waals surface area contributed by atoms with Crippen molar-refractivity contribution >= 4 is 11.9 Å². The molecule has 18 heavy (non-hydrogen) atoms. The van der Waals surface area contributed by atoms with Crippen LogP contribution in [-0.2, 0) is 6.42 Å². The summed E-state index contributed by atoms with van der Waals surface area (Å²) in [6.07, 6.45) is 2.06. The molecular formula is C11H13N5O2. The molecule has 0 aliphatic rings. The molecule has 94 valence electrons. The molecule has 3 N–H and O–H groups in total. The van der Waals surface area contributed by atoms with Gasteiger partial charge in [-0.15, -0.1) is 5.10 Å². The lowest BCUT2D eigenvalue weighted by Gasteiger charge is -2.00. The number of nitrogens with one attached hydrogen (secondary N) is 3. The minimum atomic E-state index is -0.530. The van der Waals surface area contributed by atoms with Gasteiger partial charge in [-0.1, -0.05) is 6.92 Å². The highest BCUT2D eigenvalue weighted by Crippen LogP contribution is 2.01. The molecule has 2 aromatic heterocycles. The largest absolute Gasteiger partial charge is 0.364 e. The van der Waals surface area contributed by atoms with Crippen molar-refractivity contribution in [2.45, 2.75) is 20.3 Å². The number of nitrogens with zero attached hydrogens (tertiary/aromatic N) is 2. The number of pyridine rings is 1.